The van der Waals surface area contributed by atoms with E-state index in [0.717, 1.165) is 12.8 Å². The van der Waals surface area contributed by atoms with Gasteiger partial charge in [-0.15, -0.1) is 6.58 Å². The molecule has 1 saturated carbocycles. The minimum Gasteiger partial charge on any atom is -0.481 e. The average Bonchev–Trinajstić information content (AvgIpc) is 2.72. The van der Waals surface area contributed by atoms with Crippen molar-refractivity contribution in [3.05, 3.63) is 24.3 Å². The molecule has 0 spiro atoms. The lowest BCUT2D eigenvalue weighted by molar-refractivity contribution is -0.139. The fourth-order valence-electron chi connectivity index (χ4n) is 0.868. The molecule has 0 radical (unpaired) electrons. The Balaban J connectivity index is 2.36. The van der Waals surface area contributed by atoms with Crippen LogP contribution in [0.15, 0.2) is 24.3 Å². The van der Waals surface area contributed by atoms with Crippen molar-refractivity contribution in [3.8, 4) is 0 Å². The van der Waals surface area contributed by atoms with Gasteiger partial charge in [0.25, 0.3) is 0 Å². The summed E-state index contributed by atoms with van der Waals surface area (Å²) in [7, 11) is 0. The largest absolute Gasteiger partial charge is 0.481 e. The Morgan fingerprint density at radius 3 is 2.73 bits per heavy atom. The van der Waals surface area contributed by atoms with E-state index in [4.69, 9.17) is 5.11 Å². The summed E-state index contributed by atoms with van der Waals surface area (Å²) in [6.07, 6.45) is 6.42. The summed E-state index contributed by atoms with van der Waals surface area (Å²) in [5.41, 5.74) is 1.39. The summed E-state index contributed by atoms with van der Waals surface area (Å²) in [5, 5.41) is 8.61. The van der Waals surface area contributed by atoms with E-state index in [1.54, 1.807) is 0 Å². The number of carboxylic acid groups (broad SMARTS) is 1. The van der Waals surface area contributed by atoms with E-state index < -0.39 is 11.9 Å². The van der Waals surface area contributed by atoms with Crippen LogP contribution in [0.4, 0.5) is 0 Å². The average molecular weight is 152 g/mol. The molecule has 1 N–H and O–H groups in total. The zero-order chi connectivity index (χ0) is 8.27. The molecule has 1 unspecified atom stereocenters. The maximum absolute atomic E-state index is 10.5. The molecule has 0 aromatic rings. The molecule has 0 amide bonds. The van der Waals surface area contributed by atoms with Gasteiger partial charge in [-0.1, -0.05) is 17.7 Å². The van der Waals surface area contributed by atoms with Crippen LogP contribution in [0.2, 0.25) is 0 Å². The quantitative estimate of drug-likeness (QED) is 0.625. The van der Waals surface area contributed by atoms with Crippen molar-refractivity contribution >= 4 is 5.97 Å². The molecule has 2 heteroatoms. The van der Waals surface area contributed by atoms with Crippen molar-refractivity contribution in [3.63, 3.8) is 0 Å². The second kappa shape index (κ2) is 3.37. The number of hydrogen-bond donors (Lipinski definition) is 1. The predicted molar refractivity (Wildman–Crippen MR) is 43.3 cm³/mol. The molecule has 1 atom stereocenters. The van der Waals surface area contributed by atoms with Crippen LogP contribution in [0.25, 0.3) is 0 Å². The first-order valence-corrected chi connectivity index (χ1v) is 3.77. The van der Waals surface area contributed by atoms with Crippen LogP contribution in [0.1, 0.15) is 19.3 Å². The van der Waals surface area contributed by atoms with Crippen molar-refractivity contribution in [2.75, 3.05) is 0 Å². The fraction of sp³-hybridized carbons (Fsp3) is 0.444. The Labute approximate surface area is 66.2 Å². The number of allylic oxidation sites excluding steroid dienone is 2. The maximum Gasteiger partial charge on any atom is 0.310 e. The highest BCUT2D eigenvalue weighted by Crippen LogP contribution is 2.28. The molecule has 11 heavy (non-hydrogen) atoms. The Bertz CT molecular complexity index is 198. The van der Waals surface area contributed by atoms with E-state index in [-0.39, 0.29) is 0 Å². The van der Waals surface area contributed by atoms with Gasteiger partial charge in [-0.25, -0.2) is 0 Å². The molecular formula is C9H12O2. The molecular weight excluding hydrogens is 140 g/mol. The Morgan fingerprint density at radius 2 is 2.36 bits per heavy atom. The molecule has 0 bridgehead atoms. The van der Waals surface area contributed by atoms with Crippen molar-refractivity contribution in [2.45, 2.75) is 19.3 Å². The number of rotatable bonds is 4. The third kappa shape index (κ3) is 2.58. The van der Waals surface area contributed by atoms with E-state index >= 15 is 0 Å². The second-order valence-corrected chi connectivity index (χ2v) is 2.78. The Hall–Kier alpha value is -1.05. The molecule has 0 aliphatic heterocycles. The zero-order valence-corrected chi connectivity index (χ0v) is 6.42. The second-order valence-electron chi connectivity index (χ2n) is 2.78. The van der Waals surface area contributed by atoms with E-state index in [1.165, 1.54) is 11.6 Å². The van der Waals surface area contributed by atoms with Gasteiger partial charge in [0, 0.05) is 0 Å². The maximum atomic E-state index is 10.5. The number of carboxylic acids is 1. The van der Waals surface area contributed by atoms with Crippen LogP contribution in [0, 0.1) is 5.92 Å². The summed E-state index contributed by atoms with van der Waals surface area (Å²) in [4.78, 5) is 10.5. The molecule has 0 saturated heterocycles. The van der Waals surface area contributed by atoms with Crippen molar-refractivity contribution < 1.29 is 9.90 Å². The van der Waals surface area contributed by atoms with Crippen LogP contribution in [-0.4, -0.2) is 11.1 Å². The van der Waals surface area contributed by atoms with Gasteiger partial charge >= 0.3 is 5.97 Å². The van der Waals surface area contributed by atoms with Gasteiger partial charge in [0.05, 0.1) is 5.92 Å². The van der Waals surface area contributed by atoms with Crippen LogP contribution in [-0.2, 0) is 4.79 Å². The standard InChI is InChI=1S/C9H12O2/c1-2-8(9(10)11)6-5-7-3-4-7/h2,5,8H,1,3-4,6H2,(H,10,11). The molecule has 1 rings (SSSR count). The Kier molecular flexibility index (Phi) is 2.47. The molecule has 1 aliphatic rings. The van der Waals surface area contributed by atoms with Gasteiger partial charge in [0.1, 0.15) is 0 Å². The summed E-state index contributed by atoms with van der Waals surface area (Å²) >= 11 is 0. The first-order valence-electron chi connectivity index (χ1n) is 3.77. The highest BCUT2D eigenvalue weighted by atomic mass is 16.4. The van der Waals surface area contributed by atoms with Gasteiger partial charge in [-0.3, -0.25) is 4.79 Å². The van der Waals surface area contributed by atoms with E-state index in [9.17, 15) is 4.79 Å². The van der Waals surface area contributed by atoms with Gasteiger partial charge in [0.2, 0.25) is 0 Å². The van der Waals surface area contributed by atoms with Gasteiger partial charge in [-0.05, 0) is 19.3 Å². The van der Waals surface area contributed by atoms with Crippen LogP contribution in [0.5, 0.6) is 0 Å². The van der Waals surface area contributed by atoms with E-state index in [0.29, 0.717) is 6.42 Å². The first-order chi connectivity index (χ1) is 5.24. The first kappa shape index (κ1) is 8.05. The van der Waals surface area contributed by atoms with E-state index in [2.05, 4.69) is 6.58 Å². The Morgan fingerprint density at radius 1 is 1.73 bits per heavy atom. The summed E-state index contributed by atoms with van der Waals surface area (Å²) < 4.78 is 0. The lowest BCUT2D eigenvalue weighted by atomic mass is 10.1. The highest BCUT2D eigenvalue weighted by Gasteiger charge is 2.14. The molecule has 0 heterocycles. The number of aliphatic carboxylic acids is 1. The number of hydrogen-bond acceptors (Lipinski definition) is 1. The normalized spacial score (nSPS) is 17.3. The van der Waals surface area contributed by atoms with Crippen LogP contribution >= 0.6 is 0 Å². The van der Waals surface area contributed by atoms with Gasteiger partial charge < -0.3 is 5.11 Å². The third-order valence-corrected chi connectivity index (χ3v) is 1.80. The van der Waals surface area contributed by atoms with E-state index in [1.807, 2.05) is 6.08 Å². The summed E-state index contributed by atoms with van der Waals surface area (Å²) in [6.45, 7) is 3.47. The molecule has 60 valence electrons. The highest BCUT2D eigenvalue weighted by molar-refractivity contribution is 5.72. The zero-order valence-electron chi connectivity index (χ0n) is 6.42. The topological polar surface area (TPSA) is 37.3 Å². The SMILES string of the molecule is C=CC(CC=C1CC1)C(=O)O. The molecule has 0 aromatic carbocycles. The minimum atomic E-state index is -0.780. The fourth-order valence-corrected chi connectivity index (χ4v) is 0.868. The molecule has 1 aliphatic carbocycles. The molecule has 1 fully saturated rings. The van der Waals surface area contributed by atoms with Crippen molar-refractivity contribution in [1.29, 1.82) is 0 Å². The third-order valence-electron chi connectivity index (χ3n) is 1.80. The minimum absolute atomic E-state index is 0.400. The lowest BCUT2D eigenvalue weighted by Crippen LogP contribution is -2.09. The van der Waals surface area contributed by atoms with Gasteiger partial charge in [-0.2, -0.15) is 0 Å². The molecule has 2 nitrogen and oxygen atoms in total. The monoisotopic (exact) mass is 152 g/mol. The summed E-state index contributed by atoms with van der Waals surface area (Å²) in [5.74, 6) is -1.18. The summed E-state index contributed by atoms with van der Waals surface area (Å²) in [6, 6.07) is 0. The molecule has 0 aromatic heterocycles. The van der Waals surface area contributed by atoms with Gasteiger partial charge in [0.15, 0.2) is 0 Å². The van der Waals surface area contributed by atoms with Crippen LogP contribution in [0.3, 0.4) is 0 Å². The lowest BCUT2D eigenvalue weighted by Gasteiger charge is -2.00. The smallest absolute Gasteiger partial charge is 0.310 e. The number of carbonyl (C=O) groups is 1. The van der Waals surface area contributed by atoms with Crippen molar-refractivity contribution in [2.24, 2.45) is 5.92 Å². The van der Waals surface area contributed by atoms with Crippen LogP contribution < -0.4 is 0 Å². The predicted octanol–water partition coefficient (Wildman–Crippen LogP) is 1.98. The van der Waals surface area contributed by atoms with Crippen molar-refractivity contribution in [1.82, 2.24) is 0 Å².